The molecule has 136 valence electrons. The fourth-order valence-corrected chi connectivity index (χ4v) is 2.65. The first kappa shape index (κ1) is 19.1. The van der Waals surface area contributed by atoms with Gasteiger partial charge in [-0.25, -0.2) is 0 Å². The molecule has 1 heterocycles. The van der Waals surface area contributed by atoms with E-state index in [0.717, 1.165) is 19.3 Å². The normalized spacial score (nSPS) is 13.5. The van der Waals surface area contributed by atoms with Gasteiger partial charge in [-0.15, -0.1) is 0 Å². The van der Waals surface area contributed by atoms with Gasteiger partial charge in [0.25, 0.3) is 17.7 Å². The molecule has 0 spiro atoms. The van der Waals surface area contributed by atoms with Crippen molar-refractivity contribution in [2.45, 2.75) is 46.1 Å². The lowest BCUT2D eigenvalue weighted by molar-refractivity contribution is 0.0651. The summed E-state index contributed by atoms with van der Waals surface area (Å²) in [6.45, 7) is 7.43. The molecule has 2 rings (SSSR count). The zero-order valence-corrected chi connectivity index (χ0v) is 15.1. The van der Waals surface area contributed by atoms with E-state index >= 15 is 0 Å². The lowest BCUT2D eigenvalue weighted by Crippen LogP contribution is -2.30. The van der Waals surface area contributed by atoms with Crippen molar-refractivity contribution in [2.24, 2.45) is 0 Å². The molecule has 0 aromatic heterocycles. The average Bonchev–Trinajstić information content (AvgIpc) is 2.83. The topological polar surface area (TPSA) is 75.7 Å². The van der Waals surface area contributed by atoms with Crippen LogP contribution < -0.4 is 5.32 Å². The van der Waals surface area contributed by atoms with E-state index in [2.05, 4.69) is 5.32 Å². The molecule has 0 aliphatic carbocycles. The van der Waals surface area contributed by atoms with E-state index in [9.17, 15) is 14.4 Å². The van der Waals surface area contributed by atoms with Gasteiger partial charge in [0.1, 0.15) is 0 Å². The molecule has 0 atom stereocenters. The number of benzene rings is 1. The van der Waals surface area contributed by atoms with Gasteiger partial charge in [-0.05, 0) is 44.9 Å². The summed E-state index contributed by atoms with van der Waals surface area (Å²) in [5.74, 6) is -0.834. The highest BCUT2D eigenvalue weighted by molar-refractivity contribution is 6.22. The maximum absolute atomic E-state index is 12.4. The Hall–Kier alpha value is -2.21. The lowest BCUT2D eigenvalue weighted by atomic mass is 10.1. The summed E-state index contributed by atoms with van der Waals surface area (Å²) < 4.78 is 5.42. The molecule has 25 heavy (non-hydrogen) atoms. The predicted molar refractivity (Wildman–Crippen MR) is 94.8 cm³/mol. The van der Waals surface area contributed by atoms with E-state index in [0.29, 0.717) is 36.4 Å². The third-order valence-electron chi connectivity index (χ3n) is 4.03. The highest BCUT2D eigenvalue weighted by Gasteiger charge is 2.35. The molecule has 0 saturated carbocycles. The Bertz CT molecular complexity index is 655. The number of fused-ring (bicyclic) bond motifs is 1. The third-order valence-corrected chi connectivity index (χ3v) is 4.03. The number of hydrogen-bond donors (Lipinski definition) is 1. The molecule has 1 aliphatic rings. The second kappa shape index (κ2) is 8.76. The Morgan fingerprint density at radius 1 is 1.16 bits per heavy atom. The summed E-state index contributed by atoms with van der Waals surface area (Å²) in [6, 6.07) is 4.67. The minimum atomic E-state index is -0.312. The average molecular weight is 346 g/mol. The van der Waals surface area contributed by atoms with Crippen molar-refractivity contribution in [3.63, 3.8) is 0 Å². The van der Waals surface area contributed by atoms with Crippen molar-refractivity contribution in [3.8, 4) is 0 Å². The van der Waals surface area contributed by atoms with E-state index in [1.165, 1.54) is 11.0 Å². The molecule has 1 aromatic rings. The van der Waals surface area contributed by atoms with Crippen LogP contribution >= 0.6 is 0 Å². The number of nitrogens with one attached hydrogen (secondary N) is 1. The van der Waals surface area contributed by atoms with Gasteiger partial charge in [-0.1, -0.05) is 13.3 Å². The number of imide groups is 1. The summed E-state index contributed by atoms with van der Waals surface area (Å²) >= 11 is 0. The molecule has 6 nitrogen and oxygen atoms in total. The molecule has 6 heteroatoms. The Labute approximate surface area is 148 Å². The van der Waals surface area contributed by atoms with Crippen LogP contribution in [0.5, 0.6) is 0 Å². The van der Waals surface area contributed by atoms with Crippen LogP contribution in [0, 0.1) is 0 Å². The summed E-state index contributed by atoms with van der Waals surface area (Å²) in [5.41, 5.74) is 1.09. The predicted octanol–water partition coefficient (Wildman–Crippen LogP) is 2.63. The van der Waals surface area contributed by atoms with Gasteiger partial charge in [-0.2, -0.15) is 0 Å². The first-order chi connectivity index (χ1) is 12.0. The lowest BCUT2D eigenvalue weighted by Gasteiger charge is -2.12. The van der Waals surface area contributed by atoms with Crippen LogP contribution in [0.25, 0.3) is 0 Å². The number of hydrogen-bond acceptors (Lipinski definition) is 4. The van der Waals surface area contributed by atoms with Crippen molar-refractivity contribution in [3.05, 3.63) is 34.9 Å². The highest BCUT2D eigenvalue weighted by atomic mass is 16.5. The SMILES string of the molecule is CCCCN1C(=O)c2ccc(C(=O)NCCCOC(C)C)cc2C1=O. The minimum absolute atomic E-state index is 0.173. The largest absolute Gasteiger partial charge is 0.379 e. The Morgan fingerprint density at radius 3 is 2.56 bits per heavy atom. The molecule has 0 saturated heterocycles. The molecular weight excluding hydrogens is 320 g/mol. The van der Waals surface area contributed by atoms with Crippen LogP contribution in [0.4, 0.5) is 0 Å². The Kier molecular flexibility index (Phi) is 6.70. The van der Waals surface area contributed by atoms with Gasteiger partial charge in [0.2, 0.25) is 0 Å². The summed E-state index contributed by atoms with van der Waals surface area (Å²) in [7, 11) is 0. The number of rotatable bonds is 9. The zero-order valence-electron chi connectivity index (χ0n) is 15.1. The maximum atomic E-state index is 12.4. The summed E-state index contributed by atoms with van der Waals surface area (Å²) in [4.78, 5) is 38.2. The van der Waals surface area contributed by atoms with Gasteiger partial charge < -0.3 is 10.1 Å². The maximum Gasteiger partial charge on any atom is 0.261 e. The smallest absolute Gasteiger partial charge is 0.261 e. The second-order valence-corrected chi connectivity index (χ2v) is 6.40. The van der Waals surface area contributed by atoms with Crippen LogP contribution in [0.15, 0.2) is 18.2 Å². The highest BCUT2D eigenvalue weighted by Crippen LogP contribution is 2.24. The summed E-state index contributed by atoms with van der Waals surface area (Å²) in [5, 5.41) is 2.81. The van der Waals surface area contributed by atoms with E-state index in [-0.39, 0.29) is 23.8 Å². The summed E-state index contributed by atoms with van der Waals surface area (Å²) in [6.07, 6.45) is 2.57. The molecule has 0 fully saturated rings. The fourth-order valence-electron chi connectivity index (χ4n) is 2.65. The molecule has 1 N–H and O–H groups in total. The van der Waals surface area contributed by atoms with Gasteiger partial charge >= 0.3 is 0 Å². The van der Waals surface area contributed by atoms with Crippen molar-refractivity contribution in [1.82, 2.24) is 10.2 Å². The molecule has 0 bridgehead atoms. The van der Waals surface area contributed by atoms with Crippen LogP contribution in [-0.2, 0) is 4.74 Å². The first-order valence-electron chi connectivity index (χ1n) is 8.85. The van der Waals surface area contributed by atoms with Gasteiger partial charge in [0.15, 0.2) is 0 Å². The van der Waals surface area contributed by atoms with Crippen molar-refractivity contribution < 1.29 is 19.1 Å². The van der Waals surface area contributed by atoms with Crippen LogP contribution in [0.2, 0.25) is 0 Å². The van der Waals surface area contributed by atoms with Crippen molar-refractivity contribution >= 4 is 17.7 Å². The van der Waals surface area contributed by atoms with Gasteiger partial charge in [0.05, 0.1) is 17.2 Å². The number of nitrogens with zero attached hydrogens (tertiary/aromatic N) is 1. The third kappa shape index (κ3) is 4.66. The number of carbonyl (C=O) groups excluding carboxylic acids is 3. The van der Waals surface area contributed by atoms with E-state index in [4.69, 9.17) is 4.74 Å². The number of amides is 3. The van der Waals surface area contributed by atoms with Gasteiger partial charge in [0, 0.05) is 25.3 Å². The van der Waals surface area contributed by atoms with Crippen LogP contribution in [-0.4, -0.2) is 48.4 Å². The molecule has 3 amide bonds. The van der Waals surface area contributed by atoms with Crippen molar-refractivity contribution in [2.75, 3.05) is 19.7 Å². The van der Waals surface area contributed by atoms with E-state index in [1.54, 1.807) is 12.1 Å². The second-order valence-electron chi connectivity index (χ2n) is 6.40. The van der Waals surface area contributed by atoms with Gasteiger partial charge in [-0.3, -0.25) is 19.3 Å². The first-order valence-corrected chi connectivity index (χ1v) is 8.85. The fraction of sp³-hybridized carbons (Fsp3) is 0.526. The van der Waals surface area contributed by atoms with Crippen molar-refractivity contribution in [1.29, 1.82) is 0 Å². The molecular formula is C19H26N2O4. The number of unbranched alkanes of at least 4 members (excludes halogenated alkanes) is 1. The van der Waals surface area contributed by atoms with E-state index in [1.807, 2.05) is 20.8 Å². The number of ether oxygens (including phenoxy) is 1. The monoisotopic (exact) mass is 346 g/mol. The zero-order chi connectivity index (χ0) is 18.4. The minimum Gasteiger partial charge on any atom is -0.379 e. The Morgan fingerprint density at radius 2 is 1.88 bits per heavy atom. The van der Waals surface area contributed by atoms with E-state index < -0.39 is 0 Å². The molecule has 1 aliphatic heterocycles. The molecule has 0 unspecified atom stereocenters. The molecule has 1 aromatic carbocycles. The van der Waals surface area contributed by atoms with Crippen LogP contribution in [0.1, 0.15) is 71.1 Å². The quantitative estimate of drug-likeness (QED) is 0.551. The standard InChI is InChI=1S/C19H26N2O4/c1-4-5-10-21-18(23)15-8-7-14(12-16(15)19(21)24)17(22)20-9-6-11-25-13(2)3/h7-8,12-13H,4-6,9-11H2,1-3H3,(H,20,22). The molecule has 0 radical (unpaired) electrons. The Balaban J connectivity index is 1.97. The number of carbonyl (C=O) groups is 3. The van der Waals surface area contributed by atoms with Crippen LogP contribution in [0.3, 0.4) is 0 Å².